The number of carbonyl (C=O) groups excluding carboxylic acids is 1. The highest BCUT2D eigenvalue weighted by Crippen LogP contribution is 2.19. The molecular weight excluding hydrogens is 212 g/mol. The molecule has 0 fully saturated rings. The van der Waals surface area contributed by atoms with Gasteiger partial charge in [-0.05, 0) is 30.9 Å². The van der Waals surface area contributed by atoms with Crippen LogP contribution in [0.3, 0.4) is 0 Å². The SMILES string of the molecule is CCC(C)(C)CNC(=O)c1cc(C)ccc1N. The van der Waals surface area contributed by atoms with Crippen molar-refractivity contribution in [1.82, 2.24) is 5.32 Å². The summed E-state index contributed by atoms with van der Waals surface area (Å²) in [5, 5.41) is 2.94. The highest BCUT2D eigenvalue weighted by molar-refractivity contribution is 5.99. The molecule has 1 amide bonds. The molecule has 0 atom stereocenters. The van der Waals surface area contributed by atoms with Gasteiger partial charge in [0.25, 0.3) is 5.91 Å². The van der Waals surface area contributed by atoms with E-state index in [1.54, 1.807) is 6.07 Å². The van der Waals surface area contributed by atoms with Crippen LogP contribution >= 0.6 is 0 Å². The van der Waals surface area contributed by atoms with Gasteiger partial charge in [-0.2, -0.15) is 0 Å². The summed E-state index contributed by atoms with van der Waals surface area (Å²) >= 11 is 0. The third kappa shape index (κ3) is 3.77. The monoisotopic (exact) mass is 234 g/mol. The quantitative estimate of drug-likeness (QED) is 0.787. The molecule has 0 saturated heterocycles. The fraction of sp³-hybridized carbons (Fsp3) is 0.500. The van der Waals surface area contributed by atoms with Gasteiger partial charge in [0.2, 0.25) is 0 Å². The summed E-state index contributed by atoms with van der Waals surface area (Å²) in [4.78, 5) is 12.0. The van der Waals surface area contributed by atoms with E-state index >= 15 is 0 Å². The van der Waals surface area contributed by atoms with Gasteiger partial charge in [-0.15, -0.1) is 0 Å². The average molecular weight is 234 g/mol. The summed E-state index contributed by atoms with van der Waals surface area (Å²) < 4.78 is 0. The van der Waals surface area contributed by atoms with Gasteiger partial charge in [-0.3, -0.25) is 4.79 Å². The van der Waals surface area contributed by atoms with Crippen LogP contribution in [-0.2, 0) is 0 Å². The second-order valence-corrected chi connectivity index (χ2v) is 5.29. The molecule has 0 radical (unpaired) electrons. The van der Waals surface area contributed by atoms with Crippen molar-refractivity contribution in [2.24, 2.45) is 5.41 Å². The Balaban J connectivity index is 2.74. The van der Waals surface area contributed by atoms with Crippen LogP contribution in [0.4, 0.5) is 5.69 Å². The van der Waals surface area contributed by atoms with Crippen LogP contribution in [0.5, 0.6) is 0 Å². The summed E-state index contributed by atoms with van der Waals surface area (Å²) in [6, 6.07) is 5.50. The van der Waals surface area contributed by atoms with Crippen LogP contribution < -0.4 is 11.1 Å². The number of nitrogen functional groups attached to an aromatic ring is 1. The summed E-state index contributed by atoms with van der Waals surface area (Å²) in [5.74, 6) is -0.0901. The minimum atomic E-state index is -0.0901. The van der Waals surface area contributed by atoms with Crippen LogP contribution in [0.2, 0.25) is 0 Å². The van der Waals surface area contributed by atoms with E-state index in [4.69, 9.17) is 5.73 Å². The molecule has 0 unspecified atom stereocenters. The maximum absolute atomic E-state index is 12.0. The molecule has 0 heterocycles. The Bertz CT molecular complexity index is 411. The molecule has 0 aliphatic heterocycles. The minimum absolute atomic E-state index is 0.0901. The zero-order valence-corrected chi connectivity index (χ0v) is 11.1. The molecule has 94 valence electrons. The van der Waals surface area contributed by atoms with Gasteiger partial charge < -0.3 is 11.1 Å². The Kier molecular flexibility index (Phi) is 4.16. The van der Waals surface area contributed by atoms with Crippen molar-refractivity contribution in [3.63, 3.8) is 0 Å². The molecule has 0 aromatic heterocycles. The molecule has 1 aromatic carbocycles. The maximum atomic E-state index is 12.0. The van der Waals surface area contributed by atoms with Crippen molar-refractivity contribution in [3.8, 4) is 0 Å². The molecule has 0 bridgehead atoms. The maximum Gasteiger partial charge on any atom is 0.253 e. The first kappa shape index (κ1) is 13.6. The van der Waals surface area contributed by atoms with Crippen molar-refractivity contribution < 1.29 is 4.79 Å². The molecule has 3 heteroatoms. The van der Waals surface area contributed by atoms with Crippen LogP contribution in [-0.4, -0.2) is 12.5 Å². The smallest absolute Gasteiger partial charge is 0.253 e. The summed E-state index contributed by atoms with van der Waals surface area (Å²) in [7, 11) is 0. The molecule has 3 N–H and O–H groups in total. The zero-order chi connectivity index (χ0) is 13.1. The van der Waals surface area contributed by atoms with Crippen molar-refractivity contribution in [2.75, 3.05) is 12.3 Å². The Labute approximate surface area is 103 Å². The van der Waals surface area contributed by atoms with Gasteiger partial charge in [0.05, 0.1) is 5.56 Å². The van der Waals surface area contributed by atoms with E-state index in [9.17, 15) is 4.79 Å². The Morgan fingerprint density at radius 3 is 2.65 bits per heavy atom. The van der Waals surface area contributed by atoms with Gasteiger partial charge in [-0.25, -0.2) is 0 Å². The Hall–Kier alpha value is -1.51. The number of nitrogens with one attached hydrogen (secondary N) is 1. The predicted molar refractivity (Wildman–Crippen MR) is 72.0 cm³/mol. The van der Waals surface area contributed by atoms with Crippen molar-refractivity contribution in [3.05, 3.63) is 29.3 Å². The molecule has 3 nitrogen and oxygen atoms in total. The number of hydrogen-bond donors (Lipinski definition) is 2. The fourth-order valence-corrected chi connectivity index (χ4v) is 1.41. The molecule has 17 heavy (non-hydrogen) atoms. The van der Waals surface area contributed by atoms with E-state index < -0.39 is 0 Å². The lowest BCUT2D eigenvalue weighted by Crippen LogP contribution is -2.34. The number of nitrogens with two attached hydrogens (primary N) is 1. The molecular formula is C14H22N2O. The lowest BCUT2D eigenvalue weighted by Gasteiger charge is -2.23. The summed E-state index contributed by atoms with van der Waals surface area (Å²) in [6.45, 7) is 8.99. The number of anilines is 1. The van der Waals surface area contributed by atoms with E-state index in [1.807, 2.05) is 19.1 Å². The largest absolute Gasteiger partial charge is 0.398 e. The van der Waals surface area contributed by atoms with E-state index in [0.29, 0.717) is 17.8 Å². The van der Waals surface area contributed by atoms with E-state index in [1.165, 1.54) is 0 Å². The average Bonchev–Trinajstić information content (AvgIpc) is 2.29. The first-order valence-electron chi connectivity index (χ1n) is 6.00. The van der Waals surface area contributed by atoms with E-state index in [0.717, 1.165) is 12.0 Å². The lowest BCUT2D eigenvalue weighted by molar-refractivity contribution is 0.0936. The molecule has 0 saturated carbocycles. The Morgan fingerprint density at radius 2 is 2.06 bits per heavy atom. The standard InChI is InChI=1S/C14H22N2O/c1-5-14(3,4)9-16-13(17)11-8-10(2)6-7-12(11)15/h6-8H,5,9,15H2,1-4H3,(H,16,17). The van der Waals surface area contributed by atoms with E-state index in [2.05, 4.69) is 26.1 Å². The zero-order valence-electron chi connectivity index (χ0n) is 11.1. The molecule has 1 aromatic rings. The minimum Gasteiger partial charge on any atom is -0.398 e. The third-order valence-electron chi connectivity index (χ3n) is 3.14. The van der Waals surface area contributed by atoms with Gasteiger partial charge >= 0.3 is 0 Å². The number of aryl methyl sites for hydroxylation is 1. The van der Waals surface area contributed by atoms with Gasteiger partial charge in [0.1, 0.15) is 0 Å². The van der Waals surface area contributed by atoms with Crippen LogP contribution in [0.1, 0.15) is 43.1 Å². The number of amides is 1. The molecule has 1 rings (SSSR count). The van der Waals surface area contributed by atoms with Crippen molar-refractivity contribution in [2.45, 2.75) is 34.1 Å². The number of rotatable bonds is 4. The number of hydrogen-bond acceptors (Lipinski definition) is 2. The van der Waals surface area contributed by atoms with Crippen LogP contribution in [0.15, 0.2) is 18.2 Å². The summed E-state index contributed by atoms with van der Waals surface area (Å²) in [5.41, 5.74) is 8.06. The topological polar surface area (TPSA) is 55.1 Å². The third-order valence-corrected chi connectivity index (χ3v) is 3.14. The number of carbonyl (C=O) groups is 1. The molecule has 0 aliphatic rings. The molecule has 0 aliphatic carbocycles. The predicted octanol–water partition coefficient (Wildman–Crippen LogP) is 2.74. The summed E-state index contributed by atoms with van der Waals surface area (Å²) in [6.07, 6.45) is 1.02. The van der Waals surface area contributed by atoms with Gasteiger partial charge in [-0.1, -0.05) is 32.4 Å². The van der Waals surface area contributed by atoms with E-state index in [-0.39, 0.29) is 11.3 Å². The first-order valence-corrected chi connectivity index (χ1v) is 6.00. The van der Waals surface area contributed by atoms with Gasteiger partial charge in [0, 0.05) is 12.2 Å². The second kappa shape index (κ2) is 5.21. The van der Waals surface area contributed by atoms with Crippen molar-refractivity contribution >= 4 is 11.6 Å². The number of benzene rings is 1. The van der Waals surface area contributed by atoms with Crippen LogP contribution in [0, 0.1) is 12.3 Å². The lowest BCUT2D eigenvalue weighted by atomic mass is 9.90. The second-order valence-electron chi connectivity index (χ2n) is 5.29. The highest BCUT2D eigenvalue weighted by Gasteiger charge is 2.17. The van der Waals surface area contributed by atoms with Crippen molar-refractivity contribution in [1.29, 1.82) is 0 Å². The highest BCUT2D eigenvalue weighted by atomic mass is 16.1. The molecule has 0 spiro atoms. The van der Waals surface area contributed by atoms with Crippen LogP contribution in [0.25, 0.3) is 0 Å². The normalized spacial score (nSPS) is 11.3. The Morgan fingerprint density at radius 1 is 1.41 bits per heavy atom. The van der Waals surface area contributed by atoms with Gasteiger partial charge in [0.15, 0.2) is 0 Å². The fourth-order valence-electron chi connectivity index (χ4n) is 1.41. The first-order chi connectivity index (χ1) is 7.85.